The summed E-state index contributed by atoms with van der Waals surface area (Å²) in [7, 11) is 1.79. The third-order valence-corrected chi connectivity index (χ3v) is 3.67. The van der Waals surface area contributed by atoms with Gasteiger partial charge in [-0.25, -0.2) is 0 Å². The molecule has 0 aliphatic heterocycles. The fraction of sp³-hybridized carbons (Fsp3) is 0.0526. The first-order chi connectivity index (χ1) is 13.2. The summed E-state index contributed by atoms with van der Waals surface area (Å²) < 4.78 is 12.7. The van der Waals surface area contributed by atoms with Crippen LogP contribution in [0, 0.1) is 0 Å². The molecular weight excluding hydrogens is 346 g/mol. The Hall–Kier alpha value is -3.94. The number of aromatic nitrogens is 4. The van der Waals surface area contributed by atoms with Crippen molar-refractivity contribution in [2.75, 3.05) is 5.32 Å². The minimum atomic E-state index is -0.363. The van der Waals surface area contributed by atoms with E-state index < -0.39 is 0 Å². The minimum absolute atomic E-state index is 0.00488. The van der Waals surface area contributed by atoms with E-state index in [-0.39, 0.29) is 17.8 Å². The molecule has 0 spiro atoms. The third kappa shape index (κ3) is 3.84. The average Bonchev–Trinajstić information content (AvgIpc) is 3.32. The zero-order valence-electron chi connectivity index (χ0n) is 14.4. The van der Waals surface area contributed by atoms with Crippen LogP contribution in [0.4, 0.5) is 6.01 Å². The van der Waals surface area contributed by atoms with Crippen molar-refractivity contribution < 1.29 is 13.9 Å². The third-order valence-electron chi connectivity index (χ3n) is 3.67. The molecule has 0 unspecified atom stereocenters. The van der Waals surface area contributed by atoms with Gasteiger partial charge < -0.3 is 9.15 Å². The molecule has 8 heteroatoms. The van der Waals surface area contributed by atoms with Crippen LogP contribution < -0.4 is 10.1 Å². The minimum Gasteiger partial charge on any atom is -0.457 e. The van der Waals surface area contributed by atoms with Gasteiger partial charge in [-0.2, -0.15) is 5.10 Å². The molecule has 1 N–H and O–H groups in total. The summed E-state index contributed by atoms with van der Waals surface area (Å²) in [6, 6.07) is 17.9. The van der Waals surface area contributed by atoms with Crippen molar-refractivity contribution in [3.8, 4) is 23.1 Å². The maximum atomic E-state index is 12.3. The summed E-state index contributed by atoms with van der Waals surface area (Å²) in [5.74, 6) is 1.23. The van der Waals surface area contributed by atoms with Crippen LogP contribution in [0.1, 0.15) is 10.4 Å². The maximum Gasteiger partial charge on any atom is 0.322 e. The molecule has 0 saturated carbocycles. The molecule has 4 rings (SSSR count). The zero-order valence-corrected chi connectivity index (χ0v) is 14.4. The van der Waals surface area contributed by atoms with Crippen LogP contribution in [0.3, 0.4) is 0 Å². The number of amides is 1. The van der Waals surface area contributed by atoms with Crippen molar-refractivity contribution in [3.05, 3.63) is 72.4 Å². The fourth-order valence-corrected chi connectivity index (χ4v) is 2.37. The van der Waals surface area contributed by atoms with E-state index >= 15 is 0 Å². The molecule has 4 aromatic rings. The Morgan fingerprint density at radius 3 is 2.44 bits per heavy atom. The first kappa shape index (κ1) is 16.5. The lowest BCUT2D eigenvalue weighted by atomic mass is 10.2. The normalized spacial score (nSPS) is 10.6. The van der Waals surface area contributed by atoms with Crippen LogP contribution in [-0.4, -0.2) is 25.9 Å². The van der Waals surface area contributed by atoms with Crippen LogP contribution in [0.25, 0.3) is 11.6 Å². The number of anilines is 1. The van der Waals surface area contributed by atoms with Crippen LogP contribution in [0.15, 0.2) is 71.3 Å². The molecule has 0 saturated heterocycles. The van der Waals surface area contributed by atoms with E-state index in [1.807, 2.05) is 30.3 Å². The second-order valence-electron chi connectivity index (χ2n) is 5.68. The Labute approximate surface area is 154 Å². The number of ether oxygens (including phenoxy) is 1. The Morgan fingerprint density at radius 1 is 1.00 bits per heavy atom. The first-order valence-electron chi connectivity index (χ1n) is 8.15. The van der Waals surface area contributed by atoms with Crippen LogP contribution >= 0.6 is 0 Å². The molecule has 0 fully saturated rings. The number of nitrogens with zero attached hydrogens (tertiary/aromatic N) is 4. The van der Waals surface area contributed by atoms with Gasteiger partial charge in [-0.05, 0) is 42.5 Å². The van der Waals surface area contributed by atoms with Crippen molar-refractivity contribution >= 4 is 11.9 Å². The van der Waals surface area contributed by atoms with Gasteiger partial charge in [-0.3, -0.25) is 14.8 Å². The van der Waals surface area contributed by atoms with Crippen LogP contribution in [0.2, 0.25) is 0 Å². The van der Waals surface area contributed by atoms with Crippen LogP contribution in [0.5, 0.6) is 11.5 Å². The highest BCUT2D eigenvalue weighted by Gasteiger charge is 2.14. The van der Waals surface area contributed by atoms with E-state index in [0.717, 1.165) is 5.75 Å². The smallest absolute Gasteiger partial charge is 0.322 e. The lowest BCUT2D eigenvalue weighted by Gasteiger charge is -2.06. The van der Waals surface area contributed by atoms with E-state index in [1.54, 1.807) is 48.3 Å². The summed E-state index contributed by atoms with van der Waals surface area (Å²) >= 11 is 0. The highest BCUT2D eigenvalue weighted by atomic mass is 16.5. The lowest BCUT2D eigenvalue weighted by Crippen LogP contribution is -2.11. The summed E-state index contributed by atoms with van der Waals surface area (Å²) in [4.78, 5) is 12.3. The van der Waals surface area contributed by atoms with E-state index in [4.69, 9.17) is 9.15 Å². The van der Waals surface area contributed by atoms with Crippen molar-refractivity contribution in [2.45, 2.75) is 0 Å². The van der Waals surface area contributed by atoms with Gasteiger partial charge in [0.05, 0.1) is 0 Å². The number of hydrogen-bond donors (Lipinski definition) is 1. The lowest BCUT2D eigenvalue weighted by molar-refractivity contribution is 0.102. The largest absolute Gasteiger partial charge is 0.457 e. The van der Waals surface area contributed by atoms with E-state index in [0.29, 0.717) is 17.0 Å². The number of hydrogen-bond acceptors (Lipinski definition) is 6. The van der Waals surface area contributed by atoms with Crippen LogP contribution in [-0.2, 0) is 7.05 Å². The molecule has 0 aliphatic carbocycles. The Balaban J connectivity index is 1.42. The molecule has 8 nitrogen and oxygen atoms in total. The molecule has 0 bridgehead atoms. The summed E-state index contributed by atoms with van der Waals surface area (Å²) in [5.41, 5.74) is 0.973. The van der Waals surface area contributed by atoms with Crippen molar-refractivity contribution in [2.24, 2.45) is 7.05 Å². The topological polar surface area (TPSA) is 95.1 Å². The zero-order chi connectivity index (χ0) is 18.6. The average molecular weight is 361 g/mol. The van der Waals surface area contributed by atoms with Crippen molar-refractivity contribution in [3.63, 3.8) is 0 Å². The molecule has 2 aromatic carbocycles. The van der Waals surface area contributed by atoms with Gasteiger partial charge in [0, 0.05) is 18.8 Å². The second kappa shape index (κ2) is 7.12. The predicted molar refractivity (Wildman–Crippen MR) is 97.4 cm³/mol. The number of carbonyl (C=O) groups is 1. The quantitative estimate of drug-likeness (QED) is 0.584. The SMILES string of the molecule is Cn1ccc(-c2nnc(NC(=O)c3ccc(Oc4ccccc4)cc3)o2)n1. The standard InChI is InChI=1S/C19H15N5O3/c1-24-12-11-16(23-24)18-21-22-19(27-18)20-17(25)13-7-9-15(10-8-13)26-14-5-3-2-4-6-14/h2-12H,1H3,(H,20,22,25). The van der Waals surface area contributed by atoms with Crippen molar-refractivity contribution in [1.29, 1.82) is 0 Å². The molecule has 2 aromatic heterocycles. The summed E-state index contributed by atoms with van der Waals surface area (Å²) in [6.45, 7) is 0. The fourth-order valence-electron chi connectivity index (χ4n) is 2.37. The molecule has 0 atom stereocenters. The van der Waals surface area contributed by atoms with Gasteiger partial charge in [0.15, 0.2) is 0 Å². The summed E-state index contributed by atoms with van der Waals surface area (Å²) in [6.07, 6.45) is 1.76. The maximum absolute atomic E-state index is 12.3. The number of nitrogens with one attached hydrogen (secondary N) is 1. The van der Waals surface area contributed by atoms with Crippen molar-refractivity contribution in [1.82, 2.24) is 20.0 Å². The summed E-state index contributed by atoms with van der Waals surface area (Å²) in [5, 5.41) is 14.4. The van der Waals surface area contributed by atoms with E-state index in [2.05, 4.69) is 20.6 Å². The van der Waals surface area contributed by atoms with Gasteiger partial charge in [0.25, 0.3) is 11.8 Å². The Morgan fingerprint density at radius 2 is 1.74 bits per heavy atom. The Kier molecular flexibility index (Phi) is 4.36. The highest BCUT2D eigenvalue weighted by Crippen LogP contribution is 2.22. The van der Waals surface area contributed by atoms with E-state index in [9.17, 15) is 4.79 Å². The molecule has 2 heterocycles. The molecule has 27 heavy (non-hydrogen) atoms. The van der Waals surface area contributed by atoms with E-state index in [1.165, 1.54) is 0 Å². The Bertz CT molecular complexity index is 1050. The molecule has 1 amide bonds. The molecular formula is C19H15N5O3. The first-order valence-corrected chi connectivity index (χ1v) is 8.15. The highest BCUT2D eigenvalue weighted by molar-refractivity contribution is 6.03. The number of para-hydroxylation sites is 1. The predicted octanol–water partition coefficient (Wildman–Crippen LogP) is 3.51. The number of carbonyl (C=O) groups excluding carboxylic acids is 1. The van der Waals surface area contributed by atoms with Gasteiger partial charge in [-0.1, -0.05) is 23.3 Å². The van der Waals surface area contributed by atoms with Gasteiger partial charge in [0.1, 0.15) is 17.2 Å². The second-order valence-corrected chi connectivity index (χ2v) is 5.68. The van der Waals surface area contributed by atoms with Gasteiger partial charge in [-0.15, -0.1) is 5.10 Å². The number of benzene rings is 2. The van der Waals surface area contributed by atoms with Gasteiger partial charge >= 0.3 is 6.01 Å². The molecule has 0 radical (unpaired) electrons. The number of aryl methyl sites for hydroxylation is 1. The van der Waals surface area contributed by atoms with Gasteiger partial charge in [0.2, 0.25) is 0 Å². The number of rotatable bonds is 5. The monoisotopic (exact) mass is 361 g/mol. The molecule has 134 valence electrons. The molecule has 0 aliphatic rings.